The van der Waals surface area contributed by atoms with Crippen molar-refractivity contribution in [2.45, 2.75) is 42.4 Å². The van der Waals surface area contributed by atoms with E-state index in [1.54, 1.807) is 23.3 Å². The largest absolute Gasteiger partial charge is 0.358 e. The predicted octanol–water partition coefficient (Wildman–Crippen LogP) is 5.41. The van der Waals surface area contributed by atoms with Crippen molar-refractivity contribution in [2.75, 3.05) is 17.3 Å². The molecule has 0 aliphatic rings. The molecule has 10 heteroatoms. The lowest BCUT2D eigenvalue weighted by molar-refractivity contribution is -0.392. The summed E-state index contributed by atoms with van der Waals surface area (Å²) in [5.74, 6) is 4.52. The van der Waals surface area contributed by atoms with E-state index in [2.05, 4.69) is 27.9 Å². The molecule has 3 rings (SSSR count). The average molecular weight is 476 g/mol. The summed E-state index contributed by atoms with van der Waals surface area (Å²) in [4.78, 5) is 25.8. The maximum atomic E-state index is 11.0. The molecule has 0 radical (unpaired) electrons. The zero-order valence-electron chi connectivity index (χ0n) is 17.6. The highest BCUT2D eigenvalue weighted by molar-refractivity contribution is 8.00. The highest BCUT2D eigenvalue weighted by Gasteiger charge is 2.16. The van der Waals surface area contributed by atoms with E-state index in [4.69, 9.17) is 0 Å². The molecule has 3 aromatic heterocycles. The molecule has 0 bridgehead atoms. The number of pyridine rings is 2. The van der Waals surface area contributed by atoms with Crippen molar-refractivity contribution >= 4 is 41.1 Å². The highest BCUT2D eigenvalue weighted by atomic mass is 32.2. The zero-order chi connectivity index (χ0) is 22.1. The van der Waals surface area contributed by atoms with Gasteiger partial charge in [-0.05, 0) is 53.5 Å². The van der Waals surface area contributed by atoms with Crippen LogP contribution in [0.1, 0.15) is 23.5 Å². The fourth-order valence-corrected chi connectivity index (χ4v) is 5.88. The molecule has 7 nitrogen and oxygen atoms in total. The average Bonchev–Trinajstić information content (AvgIpc) is 3.14. The van der Waals surface area contributed by atoms with Crippen LogP contribution in [0.15, 0.2) is 52.8 Å². The molecule has 0 aliphatic heterocycles. The molecule has 0 saturated carbocycles. The lowest BCUT2D eigenvalue weighted by Crippen LogP contribution is -2.07. The van der Waals surface area contributed by atoms with Gasteiger partial charge in [0.1, 0.15) is 12.7 Å². The Hall–Kier alpha value is -2.04. The Morgan fingerprint density at radius 1 is 1.03 bits per heavy atom. The van der Waals surface area contributed by atoms with Gasteiger partial charge in [-0.2, -0.15) is 11.8 Å². The standard InChI is InChI=1S/C21H25N5O2S3/c1-16-19(15-31-18-4-7-22-8-5-18)23-9-6-20(16)30-12-3-11-29-13-10-25-17(2)24-14-21(25)26(27)28/h4-9,14H,3,10-13,15H2,1-2H3. The van der Waals surface area contributed by atoms with Gasteiger partial charge in [0.15, 0.2) is 5.82 Å². The summed E-state index contributed by atoms with van der Waals surface area (Å²) in [5, 5.41) is 11.0. The number of thioether (sulfide) groups is 3. The van der Waals surface area contributed by atoms with Crippen LogP contribution in [0.4, 0.5) is 5.82 Å². The Bertz CT molecular complexity index is 998. The Morgan fingerprint density at radius 3 is 2.61 bits per heavy atom. The van der Waals surface area contributed by atoms with Crippen molar-refractivity contribution in [3.05, 3.63) is 70.2 Å². The minimum absolute atomic E-state index is 0.0692. The van der Waals surface area contributed by atoms with Gasteiger partial charge in [-0.3, -0.25) is 9.97 Å². The van der Waals surface area contributed by atoms with Crippen LogP contribution in [0.5, 0.6) is 0 Å². The molecule has 0 aliphatic carbocycles. The minimum Gasteiger partial charge on any atom is -0.358 e. The van der Waals surface area contributed by atoms with Crippen LogP contribution in [0.2, 0.25) is 0 Å². The van der Waals surface area contributed by atoms with Gasteiger partial charge in [0.25, 0.3) is 0 Å². The van der Waals surface area contributed by atoms with E-state index in [-0.39, 0.29) is 10.7 Å². The normalized spacial score (nSPS) is 11.0. The van der Waals surface area contributed by atoms with Crippen molar-refractivity contribution in [2.24, 2.45) is 0 Å². The van der Waals surface area contributed by atoms with Crippen LogP contribution >= 0.6 is 35.3 Å². The molecule has 0 fully saturated rings. The molecule has 3 aromatic rings. The molecule has 3 heterocycles. The summed E-state index contributed by atoms with van der Waals surface area (Å²) >= 11 is 5.47. The molecular weight excluding hydrogens is 450 g/mol. The Morgan fingerprint density at radius 2 is 1.84 bits per heavy atom. The summed E-state index contributed by atoms with van der Waals surface area (Å²) < 4.78 is 1.67. The summed E-state index contributed by atoms with van der Waals surface area (Å²) in [6, 6.07) is 6.12. The fourth-order valence-electron chi connectivity index (χ4n) is 2.93. The molecule has 0 amide bonds. The van der Waals surface area contributed by atoms with Gasteiger partial charge >= 0.3 is 5.82 Å². The topological polar surface area (TPSA) is 86.7 Å². The number of aromatic nitrogens is 4. The second-order valence-electron chi connectivity index (χ2n) is 6.74. The van der Waals surface area contributed by atoms with Crippen molar-refractivity contribution < 1.29 is 4.92 Å². The third-order valence-electron chi connectivity index (χ3n) is 4.65. The van der Waals surface area contributed by atoms with Crippen LogP contribution in [0, 0.1) is 24.0 Å². The summed E-state index contributed by atoms with van der Waals surface area (Å²) in [6.45, 7) is 4.56. The Labute approximate surface area is 195 Å². The monoisotopic (exact) mass is 475 g/mol. The molecule has 0 spiro atoms. The zero-order valence-corrected chi connectivity index (χ0v) is 20.0. The number of hydrogen-bond donors (Lipinski definition) is 0. The van der Waals surface area contributed by atoms with Gasteiger partial charge in [0.05, 0.1) is 5.69 Å². The number of rotatable bonds is 12. The van der Waals surface area contributed by atoms with E-state index >= 15 is 0 Å². The van der Waals surface area contributed by atoms with Gasteiger partial charge in [0, 0.05) is 46.8 Å². The number of nitrogens with zero attached hydrogens (tertiary/aromatic N) is 5. The molecule has 31 heavy (non-hydrogen) atoms. The first-order valence-electron chi connectivity index (χ1n) is 9.90. The predicted molar refractivity (Wildman–Crippen MR) is 129 cm³/mol. The first-order chi connectivity index (χ1) is 15.1. The maximum absolute atomic E-state index is 11.0. The molecule has 164 valence electrons. The third kappa shape index (κ3) is 6.98. The lowest BCUT2D eigenvalue weighted by atomic mass is 10.2. The van der Waals surface area contributed by atoms with Gasteiger partial charge < -0.3 is 10.1 Å². The van der Waals surface area contributed by atoms with Crippen molar-refractivity contribution in [3.8, 4) is 0 Å². The molecule has 0 saturated heterocycles. The number of imidazole rings is 1. The van der Waals surface area contributed by atoms with Gasteiger partial charge in [0.2, 0.25) is 0 Å². The Kier molecular flexibility index (Phi) is 9.23. The smallest absolute Gasteiger partial charge is 0.342 e. The maximum Gasteiger partial charge on any atom is 0.342 e. The molecule has 0 atom stereocenters. The number of nitro groups is 1. The van der Waals surface area contributed by atoms with Crippen LogP contribution in [0.25, 0.3) is 0 Å². The van der Waals surface area contributed by atoms with E-state index in [9.17, 15) is 10.1 Å². The van der Waals surface area contributed by atoms with E-state index < -0.39 is 0 Å². The van der Waals surface area contributed by atoms with Crippen LogP contribution in [-0.4, -0.2) is 41.7 Å². The highest BCUT2D eigenvalue weighted by Crippen LogP contribution is 2.28. The van der Waals surface area contributed by atoms with Gasteiger partial charge in [-0.25, -0.2) is 9.55 Å². The lowest BCUT2D eigenvalue weighted by Gasteiger charge is -2.10. The van der Waals surface area contributed by atoms with Gasteiger partial charge in [-0.15, -0.1) is 23.5 Å². The van der Waals surface area contributed by atoms with Crippen molar-refractivity contribution in [3.63, 3.8) is 0 Å². The molecule has 0 aromatic carbocycles. The number of aryl methyl sites for hydroxylation is 1. The second kappa shape index (κ2) is 12.1. The minimum atomic E-state index is -0.373. The first kappa shape index (κ1) is 23.6. The third-order valence-corrected chi connectivity index (χ3v) is 7.97. The van der Waals surface area contributed by atoms with Crippen molar-refractivity contribution in [1.29, 1.82) is 0 Å². The molecule has 0 unspecified atom stereocenters. The molecule has 0 N–H and O–H groups in total. The summed E-state index contributed by atoms with van der Waals surface area (Å²) in [7, 11) is 0. The second-order valence-corrected chi connectivity index (χ2v) is 10.1. The van der Waals surface area contributed by atoms with E-state index in [1.807, 2.05) is 54.2 Å². The van der Waals surface area contributed by atoms with Crippen LogP contribution in [-0.2, 0) is 12.3 Å². The fraction of sp³-hybridized carbons (Fsp3) is 0.381. The Balaban J connectivity index is 1.38. The van der Waals surface area contributed by atoms with Crippen molar-refractivity contribution in [1.82, 2.24) is 19.5 Å². The van der Waals surface area contributed by atoms with Crippen LogP contribution < -0.4 is 0 Å². The first-order valence-corrected chi connectivity index (χ1v) is 13.0. The van der Waals surface area contributed by atoms with E-state index in [0.717, 1.165) is 35.1 Å². The summed E-state index contributed by atoms with van der Waals surface area (Å²) in [5.41, 5.74) is 2.38. The SMILES string of the molecule is Cc1c(SCCCSCCn2c([N+](=O)[O-])cnc2C)ccnc1CSc1ccncc1. The van der Waals surface area contributed by atoms with Crippen LogP contribution in [0.3, 0.4) is 0 Å². The molecular formula is C21H25N5O2S3. The summed E-state index contributed by atoms with van der Waals surface area (Å²) in [6.07, 6.45) is 7.93. The number of hydrogen-bond acceptors (Lipinski definition) is 8. The van der Waals surface area contributed by atoms with Gasteiger partial charge in [-0.1, -0.05) is 0 Å². The van der Waals surface area contributed by atoms with E-state index in [0.29, 0.717) is 12.4 Å². The quantitative estimate of drug-likeness (QED) is 0.149. The van der Waals surface area contributed by atoms with E-state index in [1.165, 1.54) is 21.6 Å².